The van der Waals surface area contributed by atoms with Gasteiger partial charge in [0.15, 0.2) is 16.4 Å². The van der Waals surface area contributed by atoms with Gasteiger partial charge < -0.3 is 19.2 Å². The van der Waals surface area contributed by atoms with Gasteiger partial charge in [0.1, 0.15) is 0 Å². The van der Waals surface area contributed by atoms with Crippen molar-refractivity contribution in [2.45, 2.75) is 17.6 Å². The molecule has 0 fully saturated rings. The zero-order valence-corrected chi connectivity index (χ0v) is 18.7. The van der Waals surface area contributed by atoms with Crippen LogP contribution in [0.1, 0.15) is 32.0 Å². The first-order valence-corrected chi connectivity index (χ1v) is 11.4. The van der Waals surface area contributed by atoms with Crippen LogP contribution in [0.3, 0.4) is 0 Å². The Bertz CT molecular complexity index is 1280. The molecular weight excluding hydrogens is 450 g/mol. The summed E-state index contributed by atoms with van der Waals surface area (Å²) in [5.74, 6) is -2.96. The Morgan fingerprint density at radius 3 is 2.42 bits per heavy atom. The molecule has 0 aliphatic heterocycles. The number of sulfone groups is 1. The van der Waals surface area contributed by atoms with Gasteiger partial charge in [0.05, 0.1) is 29.6 Å². The van der Waals surface area contributed by atoms with Crippen LogP contribution >= 0.6 is 0 Å². The third-order valence-electron chi connectivity index (χ3n) is 4.65. The van der Waals surface area contributed by atoms with Crippen LogP contribution in [0.5, 0.6) is 0 Å². The number of nitrogens with one attached hydrogen (secondary N) is 1. The maximum absolute atomic E-state index is 12.6. The minimum absolute atomic E-state index is 0.106. The fraction of sp³-hybridized carbons (Fsp3) is 0.174. The minimum Gasteiger partial charge on any atom is -0.465 e. The summed E-state index contributed by atoms with van der Waals surface area (Å²) in [5.41, 5.74) is 1.40. The molecule has 172 valence electrons. The SMILES string of the molecule is COC(=O)c1ccc(C)c(NC(=O)COC(=O)c2occc2CS(=O)(=O)c2ccccc2)c1. The summed E-state index contributed by atoms with van der Waals surface area (Å²) in [4.78, 5) is 36.4. The van der Waals surface area contributed by atoms with Crippen LogP contribution in [0.15, 0.2) is 70.2 Å². The van der Waals surface area contributed by atoms with E-state index >= 15 is 0 Å². The highest BCUT2D eigenvalue weighted by atomic mass is 32.2. The number of hydrogen-bond donors (Lipinski definition) is 1. The van der Waals surface area contributed by atoms with Gasteiger partial charge in [0, 0.05) is 11.3 Å². The smallest absolute Gasteiger partial charge is 0.375 e. The van der Waals surface area contributed by atoms with Crippen molar-refractivity contribution in [2.24, 2.45) is 0 Å². The molecular formula is C23H21NO8S. The molecule has 0 bridgehead atoms. The largest absolute Gasteiger partial charge is 0.465 e. The highest BCUT2D eigenvalue weighted by Gasteiger charge is 2.24. The summed E-state index contributed by atoms with van der Waals surface area (Å²) in [7, 11) is -2.47. The van der Waals surface area contributed by atoms with Crippen molar-refractivity contribution in [1.82, 2.24) is 0 Å². The molecule has 1 aromatic heterocycles. The Hall–Kier alpha value is -3.92. The number of anilines is 1. The number of hydrogen-bond acceptors (Lipinski definition) is 8. The normalized spacial score (nSPS) is 11.0. The number of benzene rings is 2. The van der Waals surface area contributed by atoms with E-state index in [0.717, 1.165) is 0 Å². The lowest BCUT2D eigenvalue weighted by atomic mass is 10.1. The maximum Gasteiger partial charge on any atom is 0.375 e. The Labute approximate surface area is 190 Å². The summed E-state index contributed by atoms with van der Waals surface area (Å²) < 4.78 is 39.9. The number of amides is 1. The molecule has 0 atom stereocenters. The summed E-state index contributed by atoms with van der Waals surface area (Å²) in [5, 5.41) is 2.55. The number of aryl methyl sites for hydroxylation is 1. The number of carbonyl (C=O) groups is 3. The topological polar surface area (TPSA) is 129 Å². The lowest BCUT2D eigenvalue weighted by molar-refractivity contribution is -0.119. The van der Waals surface area contributed by atoms with Crippen molar-refractivity contribution in [3.05, 3.63) is 83.3 Å². The predicted molar refractivity (Wildman–Crippen MR) is 117 cm³/mol. The first kappa shape index (κ1) is 23.7. The second-order valence-electron chi connectivity index (χ2n) is 6.99. The standard InChI is InChI=1S/C23H21NO8S/c1-15-8-9-16(22(26)30-2)12-19(15)24-20(25)13-32-23(27)21-17(10-11-31-21)14-33(28,29)18-6-4-3-5-7-18/h3-12H,13-14H2,1-2H3,(H,24,25). The molecule has 0 spiro atoms. The fourth-order valence-electron chi connectivity index (χ4n) is 2.93. The van der Waals surface area contributed by atoms with Crippen LogP contribution in [-0.4, -0.2) is 40.0 Å². The first-order valence-electron chi connectivity index (χ1n) is 9.71. The van der Waals surface area contributed by atoms with Gasteiger partial charge in [-0.1, -0.05) is 24.3 Å². The number of methoxy groups -OCH3 is 1. The fourth-order valence-corrected chi connectivity index (χ4v) is 4.30. The van der Waals surface area contributed by atoms with E-state index in [1.165, 1.54) is 37.6 Å². The zero-order chi connectivity index (χ0) is 24.0. The van der Waals surface area contributed by atoms with Gasteiger partial charge in [-0.15, -0.1) is 0 Å². The van der Waals surface area contributed by atoms with E-state index in [4.69, 9.17) is 9.15 Å². The van der Waals surface area contributed by atoms with Crippen molar-refractivity contribution in [3.8, 4) is 0 Å². The van der Waals surface area contributed by atoms with E-state index < -0.39 is 40.0 Å². The molecule has 0 radical (unpaired) electrons. The molecule has 0 aliphatic carbocycles. The average Bonchev–Trinajstić information content (AvgIpc) is 3.26. The van der Waals surface area contributed by atoms with Crippen LogP contribution in [0.4, 0.5) is 5.69 Å². The molecule has 10 heteroatoms. The predicted octanol–water partition coefficient (Wildman–Crippen LogP) is 3.14. The number of furan rings is 1. The second kappa shape index (κ2) is 10.1. The highest BCUT2D eigenvalue weighted by Crippen LogP contribution is 2.21. The highest BCUT2D eigenvalue weighted by molar-refractivity contribution is 7.90. The van der Waals surface area contributed by atoms with Gasteiger partial charge in [-0.2, -0.15) is 0 Å². The Morgan fingerprint density at radius 2 is 1.73 bits per heavy atom. The van der Waals surface area contributed by atoms with Crippen LogP contribution < -0.4 is 5.32 Å². The summed E-state index contributed by atoms with van der Waals surface area (Å²) in [6, 6.07) is 13.8. The van der Waals surface area contributed by atoms with Crippen LogP contribution in [0, 0.1) is 6.92 Å². The Morgan fingerprint density at radius 1 is 1.00 bits per heavy atom. The van der Waals surface area contributed by atoms with Crippen molar-refractivity contribution in [1.29, 1.82) is 0 Å². The molecule has 0 saturated carbocycles. The summed E-state index contributed by atoms with van der Waals surface area (Å²) >= 11 is 0. The molecule has 1 N–H and O–H groups in total. The van der Waals surface area contributed by atoms with E-state index in [1.54, 1.807) is 37.3 Å². The third-order valence-corrected chi connectivity index (χ3v) is 6.33. The molecule has 0 unspecified atom stereocenters. The minimum atomic E-state index is -3.71. The van der Waals surface area contributed by atoms with Gasteiger partial charge in [0.25, 0.3) is 5.91 Å². The molecule has 0 aliphatic rings. The molecule has 9 nitrogen and oxygen atoms in total. The van der Waals surface area contributed by atoms with Gasteiger partial charge in [-0.25, -0.2) is 18.0 Å². The molecule has 0 saturated heterocycles. The molecule has 1 heterocycles. The lowest BCUT2D eigenvalue weighted by Gasteiger charge is -2.10. The van der Waals surface area contributed by atoms with Crippen molar-refractivity contribution < 1.29 is 36.7 Å². The van der Waals surface area contributed by atoms with E-state index in [9.17, 15) is 22.8 Å². The number of esters is 2. The van der Waals surface area contributed by atoms with Gasteiger partial charge in [-0.3, -0.25) is 4.79 Å². The van der Waals surface area contributed by atoms with Gasteiger partial charge in [0.2, 0.25) is 5.76 Å². The maximum atomic E-state index is 12.6. The number of carbonyl (C=O) groups excluding carboxylic acids is 3. The van der Waals surface area contributed by atoms with Crippen molar-refractivity contribution in [3.63, 3.8) is 0 Å². The van der Waals surface area contributed by atoms with E-state index in [-0.39, 0.29) is 21.8 Å². The van der Waals surface area contributed by atoms with Crippen molar-refractivity contribution in [2.75, 3.05) is 19.0 Å². The van der Waals surface area contributed by atoms with E-state index in [2.05, 4.69) is 10.1 Å². The number of ether oxygens (including phenoxy) is 2. The molecule has 3 aromatic rings. The molecule has 2 aromatic carbocycles. The third kappa shape index (κ3) is 5.86. The molecule has 3 rings (SSSR count). The van der Waals surface area contributed by atoms with E-state index in [0.29, 0.717) is 11.3 Å². The van der Waals surface area contributed by atoms with Gasteiger partial charge in [-0.05, 0) is 42.8 Å². The number of rotatable bonds is 8. The zero-order valence-electron chi connectivity index (χ0n) is 17.9. The van der Waals surface area contributed by atoms with Gasteiger partial charge >= 0.3 is 11.9 Å². The summed E-state index contributed by atoms with van der Waals surface area (Å²) in [6.07, 6.45) is 1.17. The van der Waals surface area contributed by atoms with Crippen molar-refractivity contribution >= 4 is 33.4 Å². The lowest BCUT2D eigenvalue weighted by Crippen LogP contribution is -2.22. The molecule has 1 amide bonds. The average molecular weight is 471 g/mol. The summed E-state index contributed by atoms with van der Waals surface area (Å²) in [6.45, 7) is 1.08. The quantitative estimate of drug-likeness (QED) is 0.496. The van der Waals surface area contributed by atoms with Crippen LogP contribution in [0.2, 0.25) is 0 Å². The Kier molecular flexibility index (Phi) is 7.29. The van der Waals surface area contributed by atoms with Crippen LogP contribution in [0.25, 0.3) is 0 Å². The second-order valence-corrected chi connectivity index (χ2v) is 8.98. The Balaban J connectivity index is 1.64. The first-order chi connectivity index (χ1) is 15.7. The monoisotopic (exact) mass is 471 g/mol. The van der Waals surface area contributed by atoms with E-state index in [1.807, 2.05) is 0 Å². The molecule has 33 heavy (non-hydrogen) atoms. The van der Waals surface area contributed by atoms with Crippen LogP contribution in [-0.2, 0) is 29.9 Å².